The number of anilines is 1. The molecule has 3 rings (SSSR count). The Labute approximate surface area is 279 Å². The smallest absolute Gasteiger partial charge is 0.349 e. The number of rotatable bonds is 16. The molecule has 0 atom stereocenters. The van der Waals surface area contributed by atoms with Gasteiger partial charge >= 0.3 is 5.97 Å². The molecule has 0 aromatic heterocycles. The van der Waals surface area contributed by atoms with Crippen molar-refractivity contribution < 1.29 is 23.7 Å². The molecule has 43 heavy (non-hydrogen) atoms. The Balaban J connectivity index is 0.000000332. The van der Waals surface area contributed by atoms with Gasteiger partial charge in [0.05, 0.1) is 12.3 Å². The molecule has 1 aliphatic carbocycles. The third-order valence-electron chi connectivity index (χ3n) is 6.62. The summed E-state index contributed by atoms with van der Waals surface area (Å²) < 4.78 is 15.5. The van der Waals surface area contributed by atoms with Crippen LogP contribution in [-0.4, -0.2) is 41.6 Å². The van der Waals surface area contributed by atoms with Crippen molar-refractivity contribution in [2.24, 2.45) is 0 Å². The van der Waals surface area contributed by atoms with Gasteiger partial charge in [-0.2, -0.15) is 0 Å². The maximum atomic E-state index is 12.7. The molecule has 240 valence electrons. The van der Waals surface area contributed by atoms with E-state index in [-0.39, 0.29) is 23.5 Å². The van der Waals surface area contributed by atoms with Gasteiger partial charge < -0.3 is 4.74 Å². The van der Waals surface area contributed by atoms with E-state index < -0.39 is 10.7 Å². The highest BCUT2D eigenvalue weighted by Gasteiger charge is 2.39. The molecule has 1 aromatic rings. The van der Waals surface area contributed by atoms with Crippen molar-refractivity contribution in [3.8, 4) is 0 Å². The van der Waals surface area contributed by atoms with Crippen LogP contribution in [0.3, 0.4) is 0 Å². The number of imide groups is 1. The molecule has 0 saturated carbocycles. The molecular formula is C31H44Cl2NO5PS3. The third kappa shape index (κ3) is 12.1. The highest BCUT2D eigenvalue weighted by atomic mass is 35.5. The SMILES string of the molecule is CCCCSP(=O)(SCCCC)SCCCC.CCOC(=O)/C(Cl)=C/c1cc(N2C(=O)C3=C(CCCC3)C2=O)ccc1Cl. The molecule has 6 nitrogen and oxygen atoms in total. The molecule has 1 aliphatic heterocycles. The van der Waals surface area contributed by atoms with Crippen molar-refractivity contribution in [3.63, 3.8) is 0 Å². The number of halogens is 2. The van der Waals surface area contributed by atoms with Gasteiger partial charge in [0.2, 0.25) is 4.75 Å². The van der Waals surface area contributed by atoms with E-state index in [0.717, 1.165) is 30.1 Å². The number of unbranched alkanes of at least 4 members (excludes halogenated alkanes) is 3. The van der Waals surface area contributed by atoms with Gasteiger partial charge in [-0.1, -0.05) is 97.4 Å². The van der Waals surface area contributed by atoms with E-state index in [0.29, 0.717) is 40.3 Å². The number of hydrogen-bond donors (Lipinski definition) is 0. The lowest BCUT2D eigenvalue weighted by Crippen LogP contribution is -2.31. The fourth-order valence-electron chi connectivity index (χ4n) is 4.22. The number of carbonyl (C=O) groups excluding carboxylic acids is 3. The van der Waals surface area contributed by atoms with Crippen LogP contribution in [0.15, 0.2) is 34.4 Å². The van der Waals surface area contributed by atoms with E-state index in [4.69, 9.17) is 27.9 Å². The fraction of sp³-hybridized carbons (Fsp3) is 0.581. The zero-order valence-corrected chi connectivity index (χ0v) is 30.5. The lowest BCUT2D eigenvalue weighted by molar-refractivity contribution is -0.137. The summed E-state index contributed by atoms with van der Waals surface area (Å²) in [7, 11) is 0. The topological polar surface area (TPSA) is 80.8 Å². The predicted molar refractivity (Wildman–Crippen MR) is 190 cm³/mol. The first-order valence-electron chi connectivity index (χ1n) is 15.1. The van der Waals surface area contributed by atoms with Crippen molar-refractivity contribution in [3.05, 3.63) is 45.0 Å². The van der Waals surface area contributed by atoms with Crippen LogP contribution < -0.4 is 4.90 Å². The molecule has 0 N–H and O–H groups in total. The van der Waals surface area contributed by atoms with E-state index in [1.54, 1.807) is 59.3 Å². The summed E-state index contributed by atoms with van der Waals surface area (Å²) in [5.74, 6) is 1.96. The van der Waals surface area contributed by atoms with Crippen LogP contribution >= 0.6 is 62.1 Å². The van der Waals surface area contributed by atoms with Gasteiger partial charge in [-0.05, 0) is 81.7 Å². The Morgan fingerprint density at radius 1 is 0.907 bits per heavy atom. The van der Waals surface area contributed by atoms with Gasteiger partial charge in [-0.15, -0.1) is 0 Å². The second kappa shape index (κ2) is 20.3. The van der Waals surface area contributed by atoms with E-state index in [1.165, 1.54) is 49.5 Å². The van der Waals surface area contributed by atoms with Crippen LogP contribution in [0.1, 0.15) is 97.5 Å². The zero-order valence-electron chi connectivity index (χ0n) is 25.6. The van der Waals surface area contributed by atoms with Crippen molar-refractivity contribution >= 4 is 91.6 Å². The first-order chi connectivity index (χ1) is 20.6. The number of amides is 2. The van der Waals surface area contributed by atoms with Crippen molar-refractivity contribution in [1.82, 2.24) is 0 Å². The number of hydrogen-bond acceptors (Lipinski definition) is 8. The van der Waals surface area contributed by atoms with Crippen molar-refractivity contribution in [2.75, 3.05) is 28.8 Å². The van der Waals surface area contributed by atoms with Crippen LogP contribution in [0.4, 0.5) is 5.69 Å². The second-order valence-corrected chi connectivity index (χ2v) is 22.8. The Hall–Kier alpha value is -0.830. The number of carbonyl (C=O) groups is 3. The van der Waals surface area contributed by atoms with Gasteiger partial charge in [0.15, 0.2) is 0 Å². The van der Waals surface area contributed by atoms with Gasteiger partial charge in [-0.25, -0.2) is 9.69 Å². The van der Waals surface area contributed by atoms with E-state index in [9.17, 15) is 18.9 Å². The minimum absolute atomic E-state index is 0.137. The summed E-state index contributed by atoms with van der Waals surface area (Å²) in [5, 5.41) is 0.204. The zero-order chi connectivity index (χ0) is 31.8. The molecule has 2 aliphatic rings. The maximum Gasteiger partial charge on any atom is 0.349 e. The molecule has 12 heteroatoms. The molecule has 2 amide bonds. The molecule has 0 spiro atoms. The van der Waals surface area contributed by atoms with Crippen molar-refractivity contribution in [2.45, 2.75) is 91.9 Å². The summed E-state index contributed by atoms with van der Waals surface area (Å²) in [6, 6.07) is 4.74. The van der Waals surface area contributed by atoms with E-state index in [1.807, 2.05) is 0 Å². The first-order valence-corrected chi connectivity index (χ1v) is 22.3. The fourth-order valence-corrected chi connectivity index (χ4v) is 16.6. The number of ether oxygens (including phenoxy) is 1. The standard InChI is InChI=1S/C19H17Cl2NO4.C12H27OPS3/c1-2-26-19(25)16(21)10-11-9-12(7-8-15(11)20)22-17(23)13-5-3-4-6-14(13)18(22)24;1-4-7-10-15-14(13,16-11-8-5-2)17-12-9-6-3/h7-10H,2-6H2,1H3;4-12H2,1-3H3/b16-10-;. The minimum atomic E-state index is -2.06. The summed E-state index contributed by atoms with van der Waals surface area (Å²) in [5.41, 5.74) is 2.04. The van der Waals surface area contributed by atoms with E-state index in [2.05, 4.69) is 20.8 Å². The quantitative estimate of drug-likeness (QED) is 0.0552. The second-order valence-electron chi connectivity index (χ2n) is 10.0. The molecule has 0 saturated heterocycles. The summed E-state index contributed by atoms with van der Waals surface area (Å²) in [6.07, 6.45) is 11.6. The summed E-state index contributed by atoms with van der Waals surface area (Å²) in [4.78, 5) is 38.2. The average molecular weight is 709 g/mol. The van der Waals surface area contributed by atoms with Crippen LogP contribution in [0.5, 0.6) is 0 Å². The Kier molecular flexibility index (Phi) is 18.1. The maximum absolute atomic E-state index is 12.7. The van der Waals surface area contributed by atoms with Gasteiger partial charge in [0.25, 0.3) is 11.8 Å². The highest BCUT2D eigenvalue weighted by molar-refractivity contribution is 9.14. The van der Waals surface area contributed by atoms with Crippen LogP contribution in [0, 0.1) is 0 Å². The number of benzene rings is 1. The normalized spacial score (nSPS) is 15.4. The van der Waals surface area contributed by atoms with Crippen LogP contribution in [0.2, 0.25) is 5.02 Å². The molecular weight excluding hydrogens is 664 g/mol. The Morgan fingerprint density at radius 2 is 1.40 bits per heavy atom. The van der Waals surface area contributed by atoms with Crippen LogP contribution in [0.25, 0.3) is 6.08 Å². The largest absolute Gasteiger partial charge is 0.462 e. The molecule has 0 bridgehead atoms. The van der Waals surface area contributed by atoms with E-state index >= 15 is 0 Å². The first kappa shape index (κ1) is 38.4. The molecule has 1 aromatic carbocycles. The summed E-state index contributed by atoms with van der Waals surface area (Å²) >= 11 is 17.3. The van der Waals surface area contributed by atoms with Gasteiger partial charge in [0, 0.05) is 33.4 Å². The van der Waals surface area contributed by atoms with Crippen LogP contribution in [-0.2, 0) is 23.7 Å². The highest BCUT2D eigenvalue weighted by Crippen LogP contribution is 2.78. The van der Waals surface area contributed by atoms with Gasteiger partial charge in [0.1, 0.15) is 5.03 Å². The summed E-state index contributed by atoms with van der Waals surface area (Å²) in [6.45, 7) is 8.46. The monoisotopic (exact) mass is 707 g/mol. The minimum Gasteiger partial charge on any atom is -0.462 e. The predicted octanol–water partition coefficient (Wildman–Crippen LogP) is 10.9. The Morgan fingerprint density at radius 3 is 1.84 bits per heavy atom. The lowest BCUT2D eigenvalue weighted by atomic mass is 9.93. The van der Waals surface area contributed by atoms with Gasteiger partial charge in [-0.3, -0.25) is 14.2 Å². The average Bonchev–Trinajstić information content (AvgIpc) is 3.24. The Bertz CT molecular complexity index is 1160. The molecule has 0 unspecified atom stereocenters. The molecule has 1 heterocycles. The van der Waals surface area contributed by atoms with Crippen molar-refractivity contribution in [1.29, 1.82) is 0 Å². The lowest BCUT2D eigenvalue weighted by Gasteiger charge is -2.16. The number of nitrogens with zero attached hydrogens (tertiary/aromatic N) is 1. The molecule has 0 fully saturated rings. The molecule has 0 radical (unpaired) electrons. The number of esters is 1. The third-order valence-corrected chi connectivity index (χ3v) is 19.8.